The van der Waals surface area contributed by atoms with Crippen LogP contribution in [0.3, 0.4) is 0 Å². The summed E-state index contributed by atoms with van der Waals surface area (Å²) in [6, 6.07) is 1.85. The zero-order valence-electron chi connectivity index (χ0n) is 12.7. The van der Waals surface area contributed by atoms with Crippen molar-refractivity contribution in [2.75, 3.05) is 0 Å². The van der Waals surface area contributed by atoms with Gasteiger partial charge in [0.25, 0.3) is 0 Å². The second kappa shape index (κ2) is 6.05. The lowest BCUT2D eigenvalue weighted by Crippen LogP contribution is -2.41. The van der Waals surface area contributed by atoms with Crippen LogP contribution in [0.25, 0.3) is 11.4 Å². The van der Waals surface area contributed by atoms with E-state index in [0.717, 1.165) is 24.8 Å². The van der Waals surface area contributed by atoms with Gasteiger partial charge in [-0.1, -0.05) is 18.0 Å². The first kappa shape index (κ1) is 14.8. The largest absolute Gasteiger partial charge is 0.480 e. The summed E-state index contributed by atoms with van der Waals surface area (Å²) >= 11 is 1.59. The van der Waals surface area contributed by atoms with E-state index in [1.807, 2.05) is 16.8 Å². The number of carboxylic acid groups (broad SMARTS) is 1. The number of carboxylic acids is 1. The number of likely N-dealkylation sites (tertiary alicyclic amines) is 1. The predicted molar refractivity (Wildman–Crippen MR) is 84.9 cm³/mol. The molecule has 1 aliphatic carbocycles. The summed E-state index contributed by atoms with van der Waals surface area (Å²) in [4.78, 5) is 18.1. The van der Waals surface area contributed by atoms with Crippen molar-refractivity contribution in [1.82, 2.24) is 15.0 Å². The highest BCUT2D eigenvalue weighted by Crippen LogP contribution is 2.40. The van der Waals surface area contributed by atoms with Gasteiger partial charge in [-0.15, -0.1) is 0 Å². The third kappa shape index (κ3) is 2.79. The third-order valence-electron chi connectivity index (χ3n) is 5.07. The van der Waals surface area contributed by atoms with Gasteiger partial charge >= 0.3 is 5.97 Å². The first-order valence-electron chi connectivity index (χ1n) is 8.06. The number of nitrogens with zero attached hydrogens (tertiary/aromatic N) is 3. The molecule has 0 radical (unpaired) electrons. The van der Waals surface area contributed by atoms with E-state index in [9.17, 15) is 9.90 Å². The van der Waals surface area contributed by atoms with Crippen LogP contribution in [0, 0.1) is 5.92 Å². The summed E-state index contributed by atoms with van der Waals surface area (Å²) in [7, 11) is 0. The maximum atomic E-state index is 11.6. The van der Waals surface area contributed by atoms with Gasteiger partial charge in [-0.2, -0.15) is 16.3 Å². The molecule has 1 N–H and O–H groups in total. The lowest BCUT2D eigenvalue weighted by molar-refractivity contribution is -0.143. The molecule has 2 aliphatic rings. The lowest BCUT2D eigenvalue weighted by Gasteiger charge is -2.31. The fourth-order valence-corrected chi connectivity index (χ4v) is 4.64. The van der Waals surface area contributed by atoms with Crippen LogP contribution in [0.1, 0.15) is 38.0 Å². The fourth-order valence-electron chi connectivity index (χ4n) is 4.01. The molecule has 2 aromatic rings. The molecule has 1 saturated carbocycles. The van der Waals surface area contributed by atoms with Crippen molar-refractivity contribution in [1.29, 1.82) is 0 Å². The van der Waals surface area contributed by atoms with E-state index < -0.39 is 12.0 Å². The second-order valence-electron chi connectivity index (χ2n) is 6.40. The van der Waals surface area contributed by atoms with E-state index in [2.05, 4.69) is 15.0 Å². The van der Waals surface area contributed by atoms with Crippen molar-refractivity contribution >= 4 is 17.3 Å². The molecule has 2 fully saturated rings. The number of hydrogen-bond donors (Lipinski definition) is 1. The van der Waals surface area contributed by atoms with Crippen LogP contribution in [0.15, 0.2) is 21.3 Å². The molecule has 122 valence electrons. The average Bonchev–Trinajstić information content (AvgIpc) is 3.26. The van der Waals surface area contributed by atoms with Crippen molar-refractivity contribution in [3.05, 3.63) is 22.7 Å². The average molecular weight is 333 g/mol. The van der Waals surface area contributed by atoms with Gasteiger partial charge in [-0.25, -0.2) is 0 Å². The van der Waals surface area contributed by atoms with E-state index in [0.29, 0.717) is 30.2 Å². The Morgan fingerprint density at radius 1 is 1.43 bits per heavy atom. The molecule has 7 heteroatoms. The van der Waals surface area contributed by atoms with Crippen LogP contribution in [-0.4, -0.2) is 38.2 Å². The molecule has 0 unspecified atom stereocenters. The number of hydrogen-bond acceptors (Lipinski definition) is 6. The molecule has 23 heavy (non-hydrogen) atoms. The van der Waals surface area contributed by atoms with Crippen LogP contribution in [0.5, 0.6) is 0 Å². The second-order valence-corrected chi connectivity index (χ2v) is 7.18. The summed E-state index contributed by atoms with van der Waals surface area (Å²) in [5, 5.41) is 17.5. The van der Waals surface area contributed by atoms with Crippen molar-refractivity contribution in [3.63, 3.8) is 0 Å². The molecule has 1 saturated heterocycles. The molecule has 0 aromatic carbocycles. The molecule has 0 bridgehead atoms. The van der Waals surface area contributed by atoms with Crippen LogP contribution < -0.4 is 0 Å². The number of carbonyl (C=O) groups is 1. The Morgan fingerprint density at radius 3 is 3.09 bits per heavy atom. The van der Waals surface area contributed by atoms with E-state index >= 15 is 0 Å². The Morgan fingerprint density at radius 2 is 2.30 bits per heavy atom. The van der Waals surface area contributed by atoms with Gasteiger partial charge < -0.3 is 9.63 Å². The van der Waals surface area contributed by atoms with Crippen molar-refractivity contribution < 1.29 is 14.4 Å². The number of rotatable bonds is 4. The molecule has 1 aliphatic heterocycles. The Balaban J connectivity index is 1.55. The lowest BCUT2D eigenvalue weighted by atomic mass is 9.85. The molecule has 3 heterocycles. The van der Waals surface area contributed by atoms with E-state index in [4.69, 9.17) is 4.52 Å². The minimum absolute atomic E-state index is 0.335. The molecule has 0 spiro atoms. The van der Waals surface area contributed by atoms with Gasteiger partial charge in [0, 0.05) is 17.0 Å². The molecule has 2 aromatic heterocycles. The fraction of sp³-hybridized carbons (Fsp3) is 0.562. The van der Waals surface area contributed by atoms with E-state index in [-0.39, 0.29) is 0 Å². The maximum Gasteiger partial charge on any atom is 0.320 e. The Hall–Kier alpha value is -1.73. The van der Waals surface area contributed by atoms with E-state index in [1.165, 1.54) is 12.8 Å². The molecule has 3 atom stereocenters. The van der Waals surface area contributed by atoms with Gasteiger partial charge in [0.2, 0.25) is 11.7 Å². The van der Waals surface area contributed by atoms with Gasteiger partial charge in [-0.05, 0) is 36.6 Å². The molecule has 4 rings (SSSR count). The maximum absolute atomic E-state index is 11.6. The van der Waals surface area contributed by atoms with Crippen molar-refractivity contribution in [2.45, 2.75) is 50.7 Å². The van der Waals surface area contributed by atoms with Gasteiger partial charge in [0.1, 0.15) is 6.04 Å². The molecular formula is C16H19N3O3S. The summed E-state index contributed by atoms with van der Waals surface area (Å²) in [6.07, 6.45) is 5.33. The van der Waals surface area contributed by atoms with Crippen LogP contribution in [-0.2, 0) is 11.3 Å². The zero-order valence-corrected chi connectivity index (χ0v) is 13.5. The summed E-state index contributed by atoms with van der Waals surface area (Å²) < 4.78 is 5.37. The Kier molecular flexibility index (Phi) is 3.90. The Bertz CT molecular complexity index is 685. The highest BCUT2D eigenvalue weighted by Gasteiger charge is 2.45. The topological polar surface area (TPSA) is 79.5 Å². The molecule has 0 amide bonds. The monoisotopic (exact) mass is 333 g/mol. The van der Waals surface area contributed by atoms with Gasteiger partial charge in [-0.3, -0.25) is 9.69 Å². The first-order valence-corrected chi connectivity index (χ1v) is 9.00. The summed E-state index contributed by atoms with van der Waals surface area (Å²) in [6.45, 7) is 0.426. The highest BCUT2D eigenvalue weighted by molar-refractivity contribution is 7.08. The first-order chi connectivity index (χ1) is 11.2. The molecule has 6 nitrogen and oxygen atoms in total. The SMILES string of the molecule is O=C(O)[C@@H]1C[C@H]2CCCC[C@H]2N1Cc1nc(-c2ccsc2)no1. The van der Waals surface area contributed by atoms with Gasteiger partial charge in [0.15, 0.2) is 0 Å². The minimum atomic E-state index is -0.739. The summed E-state index contributed by atoms with van der Waals surface area (Å²) in [5.74, 6) is 0.831. The quantitative estimate of drug-likeness (QED) is 0.926. The zero-order chi connectivity index (χ0) is 15.8. The highest BCUT2D eigenvalue weighted by atomic mass is 32.1. The predicted octanol–water partition coefficient (Wildman–Crippen LogP) is 3.02. The Labute approximate surface area is 138 Å². The minimum Gasteiger partial charge on any atom is -0.480 e. The van der Waals surface area contributed by atoms with Gasteiger partial charge in [0.05, 0.1) is 6.54 Å². The van der Waals surface area contributed by atoms with Crippen LogP contribution >= 0.6 is 11.3 Å². The van der Waals surface area contributed by atoms with Crippen LogP contribution in [0.2, 0.25) is 0 Å². The number of fused-ring (bicyclic) bond motifs is 1. The standard InChI is InChI=1S/C16H19N3O3S/c20-16(21)13-7-10-3-1-2-4-12(10)19(13)8-14-17-15(18-22-14)11-5-6-23-9-11/h5-6,9-10,12-13H,1-4,7-8H2,(H,20,21)/t10-,12-,13+/m1/s1. The third-order valence-corrected chi connectivity index (χ3v) is 5.75. The normalized spacial score (nSPS) is 27.9. The number of aliphatic carboxylic acids is 1. The van der Waals surface area contributed by atoms with Crippen molar-refractivity contribution in [3.8, 4) is 11.4 Å². The van der Waals surface area contributed by atoms with Crippen molar-refractivity contribution in [2.24, 2.45) is 5.92 Å². The van der Waals surface area contributed by atoms with E-state index in [1.54, 1.807) is 11.3 Å². The van der Waals surface area contributed by atoms with Crippen LogP contribution in [0.4, 0.5) is 0 Å². The summed E-state index contributed by atoms with van der Waals surface area (Å²) in [5.41, 5.74) is 0.941. The number of aromatic nitrogens is 2. The number of thiophene rings is 1. The smallest absolute Gasteiger partial charge is 0.320 e. The molecular weight excluding hydrogens is 314 g/mol.